The summed E-state index contributed by atoms with van der Waals surface area (Å²) in [7, 11) is 0. The maximum atomic E-state index is 12.0. The van der Waals surface area contributed by atoms with Gasteiger partial charge in [-0.1, -0.05) is 6.07 Å². The SMILES string of the molecule is O=C(Nc1ccc(Oc2ccc(C(=O)[O-])c(C(=O)[O-])c2)cc1)c1cccs1. The van der Waals surface area contributed by atoms with Gasteiger partial charge in [-0.15, -0.1) is 11.3 Å². The van der Waals surface area contributed by atoms with Gasteiger partial charge in [-0.3, -0.25) is 4.79 Å². The van der Waals surface area contributed by atoms with Gasteiger partial charge < -0.3 is 29.9 Å². The lowest BCUT2D eigenvalue weighted by Gasteiger charge is -2.14. The van der Waals surface area contributed by atoms with Crippen LogP contribution in [0.3, 0.4) is 0 Å². The first-order valence-corrected chi connectivity index (χ1v) is 8.51. The quantitative estimate of drug-likeness (QED) is 0.691. The molecule has 2 aromatic carbocycles. The molecule has 1 heterocycles. The van der Waals surface area contributed by atoms with Crippen molar-refractivity contribution in [2.45, 2.75) is 0 Å². The smallest absolute Gasteiger partial charge is 0.265 e. The van der Waals surface area contributed by atoms with Crippen LogP contribution in [0.4, 0.5) is 5.69 Å². The summed E-state index contributed by atoms with van der Waals surface area (Å²) in [4.78, 5) is 34.6. The van der Waals surface area contributed by atoms with Gasteiger partial charge in [0.2, 0.25) is 0 Å². The van der Waals surface area contributed by atoms with Crippen molar-refractivity contribution in [3.05, 3.63) is 76.0 Å². The maximum absolute atomic E-state index is 12.0. The van der Waals surface area contributed by atoms with Crippen LogP contribution in [0.15, 0.2) is 60.0 Å². The minimum absolute atomic E-state index is 0.120. The third kappa shape index (κ3) is 4.31. The van der Waals surface area contributed by atoms with E-state index < -0.39 is 23.1 Å². The number of hydrogen-bond donors (Lipinski definition) is 1. The van der Waals surface area contributed by atoms with Crippen LogP contribution < -0.4 is 20.3 Å². The molecule has 0 radical (unpaired) electrons. The van der Waals surface area contributed by atoms with Crippen LogP contribution in [0, 0.1) is 0 Å². The number of benzene rings is 2. The van der Waals surface area contributed by atoms with Gasteiger partial charge >= 0.3 is 0 Å². The molecule has 1 N–H and O–H groups in total. The van der Waals surface area contributed by atoms with E-state index in [4.69, 9.17) is 4.74 Å². The molecule has 0 atom stereocenters. The molecule has 0 saturated carbocycles. The van der Waals surface area contributed by atoms with Gasteiger partial charge in [0.25, 0.3) is 5.91 Å². The van der Waals surface area contributed by atoms with Crippen LogP contribution >= 0.6 is 11.3 Å². The second kappa shape index (κ2) is 7.71. The number of rotatable bonds is 6. The van der Waals surface area contributed by atoms with Crippen molar-refractivity contribution in [1.29, 1.82) is 0 Å². The first-order chi connectivity index (χ1) is 12.9. The summed E-state index contributed by atoms with van der Waals surface area (Å²) in [5.41, 5.74) is -0.468. The zero-order valence-electron chi connectivity index (χ0n) is 13.6. The van der Waals surface area contributed by atoms with E-state index >= 15 is 0 Å². The van der Waals surface area contributed by atoms with E-state index in [2.05, 4.69) is 5.32 Å². The number of ether oxygens (including phenoxy) is 1. The molecule has 0 unspecified atom stereocenters. The Bertz CT molecular complexity index is 996. The topological polar surface area (TPSA) is 119 Å². The average Bonchev–Trinajstić information content (AvgIpc) is 3.18. The lowest BCUT2D eigenvalue weighted by molar-refractivity contribution is -0.259. The molecular weight excluding hydrogens is 370 g/mol. The van der Waals surface area contributed by atoms with Gasteiger partial charge in [0, 0.05) is 16.8 Å². The molecule has 0 aliphatic carbocycles. The largest absolute Gasteiger partial charge is 0.545 e. The fraction of sp³-hybridized carbons (Fsp3) is 0. The number of carbonyl (C=O) groups excluding carboxylic acids is 3. The molecule has 0 spiro atoms. The summed E-state index contributed by atoms with van der Waals surface area (Å²) in [5.74, 6) is -3.00. The number of nitrogens with one attached hydrogen (secondary N) is 1. The number of carboxylic acids is 2. The van der Waals surface area contributed by atoms with E-state index in [-0.39, 0.29) is 11.7 Å². The second-order valence-corrected chi connectivity index (χ2v) is 6.29. The standard InChI is InChI=1S/C19H13NO6S/c21-17(16-2-1-9-27-16)20-11-3-5-12(6-4-11)26-13-7-8-14(18(22)23)15(10-13)19(24)25/h1-10H,(H,20,21)(H,22,23)(H,24,25)/p-2. The summed E-state index contributed by atoms with van der Waals surface area (Å²) >= 11 is 1.33. The van der Waals surface area contributed by atoms with Crippen LogP contribution in [0.5, 0.6) is 11.5 Å². The van der Waals surface area contributed by atoms with E-state index in [1.165, 1.54) is 17.4 Å². The molecule has 8 heteroatoms. The van der Waals surface area contributed by atoms with Crippen molar-refractivity contribution in [3.8, 4) is 11.5 Å². The van der Waals surface area contributed by atoms with Crippen molar-refractivity contribution in [3.63, 3.8) is 0 Å². The summed E-state index contributed by atoms with van der Waals surface area (Å²) in [5, 5.41) is 26.5. The van der Waals surface area contributed by atoms with Gasteiger partial charge in [-0.2, -0.15) is 0 Å². The Morgan fingerprint density at radius 1 is 0.852 bits per heavy atom. The number of thiophene rings is 1. The number of amides is 1. The van der Waals surface area contributed by atoms with Crippen LogP contribution in [-0.4, -0.2) is 17.8 Å². The lowest BCUT2D eigenvalue weighted by Crippen LogP contribution is -2.30. The Morgan fingerprint density at radius 3 is 2.11 bits per heavy atom. The van der Waals surface area contributed by atoms with Crippen molar-refractivity contribution < 1.29 is 29.3 Å². The van der Waals surface area contributed by atoms with Crippen LogP contribution in [-0.2, 0) is 0 Å². The Labute approximate surface area is 157 Å². The highest BCUT2D eigenvalue weighted by Crippen LogP contribution is 2.25. The van der Waals surface area contributed by atoms with Crippen LogP contribution in [0.1, 0.15) is 30.4 Å². The normalized spacial score (nSPS) is 10.2. The molecule has 7 nitrogen and oxygen atoms in total. The van der Waals surface area contributed by atoms with Gasteiger partial charge in [-0.25, -0.2) is 0 Å². The first-order valence-electron chi connectivity index (χ1n) is 7.63. The summed E-state index contributed by atoms with van der Waals surface area (Å²) in [6.45, 7) is 0. The number of carbonyl (C=O) groups is 3. The Balaban J connectivity index is 1.73. The first kappa shape index (κ1) is 18.2. The molecule has 0 aliphatic rings. The highest BCUT2D eigenvalue weighted by Gasteiger charge is 2.09. The maximum Gasteiger partial charge on any atom is 0.265 e. The fourth-order valence-corrected chi connectivity index (χ4v) is 2.90. The van der Waals surface area contributed by atoms with E-state index in [1.54, 1.807) is 41.8 Å². The summed E-state index contributed by atoms with van der Waals surface area (Å²) < 4.78 is 5.52. The number of hydrogen-bond acceptors (Lipinski definition) is 7. The van der Waals surface area contributed by atoms with Gasteiger partial charge in [0.15, 0.2) is 0 Å². The van der Waals surface area contributed by atoms with Gasteiger partial charge in [-0.05, 0) is 53.9 Å². The number of aromatic carboxylic acids is 2. The summed E-state index contributed by atoms with van der Waals surface area (Å²) in [6.07, 6.45) is 0. The van der Waals surface area contributed by atoms with Crippen LogP contribution in [0.25, 0.3) is 0 Å². The van der Waals surface area contributed by atoms with Gasteiger partial charge in [0.05, 0.1) is 16.8 Å². The van der Waals surface area contributed by atoms with Crippen molar-refractivity contribution >= 4 is 34.9 Å². The van der Waals surface area contributed by atoms with E-state index in [0.717, 1.165) is 12.1 Å². The van der Waals surface area contributed by atoms with Crippen molar-refractivity contribution in [2.24, 2.45) is 0 Å². The van der Waals surface area contributed by atoms with Crippen molar-refractivity contribution in [1.82, 2.24) is 0 Å². The van der Waals surface area contributed by atoms with E-state index in [0.29, 0.717) is 16.3 Å². The molecule has 0 fully saturated rings. The Hall–Kier alpha value is -3.65. The Morgan fingerprint density at radius 2 is 1.52 bits per heavy atom. The van der Waals surface area contributed by atoms with Crippen molar-refractivity contribution in [2.75, 3.05) is 5.32 Å². The molecular formula is C19H11NO6S-2. The molecule has 3 aromatic rings. The molecule has 1 aromatic heterocycles. The minimum Gasteiger partial charge on any atom is -0.545 e. The third-order valence-corrected chi connectivity index (χ3v) is 4.39. The highest BCUT2D eigenvalue weighted by atomic mass is 32.1. The monoisotopic (exact) mass is 381 g/mol. The molecule has 0 saturated heterocycles. The predicted molar refractivity (Wildman–Crippen MR) is 93.9 cm³/mol. The average molecular weight is 381 g/mol. The molecule has 0 aliphatic heterocycles. The van der Waals surface area contributed by atoms with Crippen LogP contribution in [0.2, 0.25) is 0 Å². The Kier molecular flexibility index (Phi) is 5.18. The number of carboxylic acid groups (broad SMARTS) is 2. The zero-order valence-corrected chi connectivity index (χ0v) is 14.4. The highest BCUT2D eigenvalue weighted by molar-refractivity contribution is 7.12. The van der Waals surface area contributed by atoms with E-state index in [1.807, 2.05) is 0 Å². The molecule has 27 heavy (non-hydrogen) atoms. The molecule has 1 amide bonds. The fourth-order valence-electron chi connectivity index (χ4n) is 2.28. The second-order valence-electron chi connectivity index (χ2n) is 5.34. The third-order valence-electron chi connectivity index (χ3n) is 3.52. The molecule has 3 rings (SSSR count). The van der Waals surface area contributed by atoms with Gasteiger partial charge in [0.1, 0.15) is 11.5 Å². The zero-order chi connectivity index (χ0) is 19.4. The number of anilines is 1. The molecule has 136 valence electrons. The molecule has 0 bridgehead atoms. The predicted octanol–water partition coefficient (Wildman–Crippen LogP) is 1.52. The lowest BCUT2D eigenvalue weighted by atomic mass is 10.1. The summed E-state index contributed by atoms with van der Waals surface area (Å²) in [6, 6.07) is 13.3. The van der Waals surface area contributed by atoms with E-state index in [9.17, 15) is 24.6 Å². The minimum atomic E-state index is -1.65.